The number of aliphatic imine (C=N–C) groups is 3. The highest BCUT2D eigenvalue weighted by atomic mass is 14.9. The van der Waals surface area contributed by atoms with E-state index in [4.69, 9.17) is 15.8 Å². The second-order valence-electron chi connectivity index (χ2n) is 2.76. The minimum Gasteiger partial charge on any atom is -0.235 e. The molecule has 0 radical (unpaired) electrons. The second kappa shape index (κ2) is 7.05. The molecule has 0 spiro atoms. The Morgan fingerprint density at radius 1 is 0.889 bits per heavy atom. The second-order valence-corrected chi connectivity index (χ2v) is 2.76. The fourth-order valence-corrected chi connectivity index (χ4v) is 0.748. The monoisotopic (exact) mass is 236 g/mol. The highest BCUT2D eigenvalue weighted by Crippen LogP contribution is 2.11. The summed E-state index contributed by atoms with van der Waals surface area (Å²) < 4.78 is 0. The summed E-state index contributed by atoms with van der Waals surface area (Å²) in [6.07, 6.45) is 0. The van der Waals surface area contributed by atoms with E-state index in [0.29, 0.717) is 0 Å². The molecule has 86 valence electrons. The molecule has 0 fully saturated rings. The Kier molecular flexibility index (Phi) is 5.76. The predicted octanol–water partition coefficient (Wildman–Crippen LogP) is 1.68. The molecule has 0 bridgehead atoms. The number of amidine groups is 1. The molecule has 0 aromatic carbocycles. The molecule has 6 heteroatoms. The molecular formula is C12H8N6. The van der Waals surface area contributed by atoms with E-state index >= 15 is 0 Å². The van der Waals surface area contributed by atoms with Crippen LogP contribution >= 0.6 is 0 Å². The third-order valence-electron chi connectivity index (χ3n) is 1.61. The quantitative estimate of drug-likeness (QED) is 0.320. The molecule has 0 aromatic heterocycles. The molecule has 0 heterocycles. The van der Waals surface area contributed by atoms with Gasteiger partial charge < -0.3 is 0 Å². The summed E-state index contributed by atoms with van der Waals surface area (Å²) in [4.78, 5) is 10.7. The number of allylic oxidation sites excluding steroid dienone is 2. The third-order valence-corrected chi connectivity index (χ3v) is 1.61. The van der Waals surface area contributed by atoms with Crippen molar-refractivity contribution in [1.82, 2.24) is 0 Å². The van der Waals surface area contributed by atoms with Crippen molar-refractivity contribution in [1.29, 1.82) is 15.8 Å². The van der Waals surface area contributed by atoms with E-state index < -0.39 is 0 Å². The van der Waals surface area contributed by atoms with Crippen LogP contribution in [0.4, 0.5) is 0 Å². The summed E-state index contributed by atoms with van der Waals surface area (Å²) in [5, 5.41) is 26.0. The van der Waals surface area contributed by atoms with Crippen molar-refractivity contribution in [2.75, 3.05) is 0 Å². The molecule has 0 aliphatic rings. The van der Waals surface area contributed by atoms with Crippen LogP contribution in [0.15, 0.2) is 51.7 Å². The molecule has 0 N–H and O–H groups in total. The number of hydrogen-bond donors (Lipinski definition) is 0. The van der Waals surface area contributed by atoms with E-state index in [1.807, 2.05) is 0 Å². The van der Waals surface area contributed by atoms with Crippen molar-refractivity contribution < 1.29 is 0 Å². The summed E-state index contributed by atoms with van der Waals surface area (Å²) in [6.45, 7) is 13.5. The van der Waals surface area contributed by atoms with Crippen LogP contribution in [-0.2, 0) is 0 Å². The molecule has 0 unspecified atom stereocenters. The largest absolute Gasteiger partial charge is 0.235 e. The van der Waals surface area contributed by atoms with Gasteiger partial charge in [0.1, 0.15) is 23.9 Å². The van der Waals surface area contributed by atoms with Crippen molar-refractivity contribution in [3.05, 3.63) is 36.7 Å². The predicted molar refractivity (Wildman–Crippen MR) is 68.7 cm³/mol. The van der Waals surface area contributed by atoms with Gasteiger partial charge in [-0.15, -0.1) is 0 Å². The zero-order valence-electron chi connectivity index (χ0n) is 9.51. The average Bonchev–Trinajstić information content (AvgIpc) is 2.40. The Morgan fingerprint density at radius 2 is 1.50 bits per heavy atom. The van der Waals surface area contributed by atoms with E-state index in [9.17, 15) is 0 Å². The van der Waals surface area contributed by atoms with Crippen LogP contribution in [0.1, 0.15) is 0 Å². The molecule has 6 nitrogen and oxygen atoms in total. The molecule has 18 heavy (non-hydrogen) atoms. The van der Waals surface area contributed by atoms with Crippen LogP contribution in [-0.4, -0.2) is 18.3 Å². The fourth-order valence-electron chi connectivity index (χ4n) is 0.748. The SMILES string of the molecule is C=NC(C#N)=NC(=C)C(=C)C(C#N)=NC(=C)C#N. The van der Waals surface area contributed by atoms with Gasteiger partial charge >= 0.3 is 0 Å². The molecule has 0 rings (SSSR count). The van der Waals surface area contributed by atoms with Gasteiger partial charge in [0.05, 0.1) is 5.70 Å². The van der Waals surface area contributed by atoms with Crippen molar-refractivity contribution in [2.24, 2.45) is 15.0 Å². The van der Waals surface area contributed by atoms with Gasteiger partial charge in [-0.2, -0.15) is 15.8 Å². The van der Waals surface area contributed by atoms with Gasteiger partial charge in [-0.3, -0.25) is 0 Å². The molecule has 0 aromatic rings. The topological polar surface area (TPSA) is 108 Å². The zero-order chi connectivity index (χ0) is 14.1. The first-order chi connectivity index (χ1) is 8.49. The van der Waals surface area contributed by atoms with Crippen LogP contribution in [0.5, 0.6) is 0 Å². The first kappa shape index (κ1) is 14.7. The molecule has 0 aliphatic carbocycles. The standard InChI is InChI=1S/C12H8N6/c1-8(5-13)17-11(6-14)9(2)10(3)18-12(7-15)16-4/h1-4H2. The highest BCUT2D eigenvalue weighted by Gasteiger charge is 2.09. The lowest BCUT2D eigenvalue weighted by atomic mass is 10.1. The zero-order valence-corrected chi connectivity index (χ0v) is 9.51. The Morgan fingerprint density at radius 3 is 1.89 bits per heavy atom. The summed E-state index contributed by atoms with van der Waals surface area (Å²) in [5.74, 6) is -0.211. The number of rotatable bonds is 4. The maximum Gasteiger partial charge on any atom is 0.232 e. The smallest absolute Gasteiger partial charge is 0.232 e. The van der Waals surface area contributed by atoms with Gasteiger partial charge in [0, 0.05) is 5.57 Å². The highest BCUT2D eigenvalue weighted by molar-refractivity contribution is 6.14. The molecule has 0 aliphatic heterocycles. The minimum atomic E-state index is -0.211. The van der Waals surface area contributed by atoms with Crippen LogP contribution in [0.2, 0.25) is 0 Å². The lowest BCUT2D eigenvalue weighted by molar-refractivity contribution is 1.34. The van der Waals surface area contributed by atoms with E-state index in [-0.39, 0.29) is 28.5 Å². The van der Waals surface area contributed by atoms with Crippen molar-refractivity contribution in [3.63, 3.8) is 0 Å². The lowest BCUT2D eigenvalue weighted by Crippen LogP contribution is -2.02. The first-order valence-electron chi connectivity index (χ1n) is 4.42. The van der Waals surface area contributed by atoms with Crippen LogP contribution in [0.25, 0.3) is 0 Å². The van der Waals surface area contributed by atoms with Gasteiger partial charge in [0.2, 0.25) is 5.84 Å². The van der Waals surface area contributed by atoms with Gasteiger partial charge in [0.25, 0.3) is 0 Å². The maximum atomic E-state index is 8.86. The average molecular weight is 236 g/mol. The molecule has 0 amide bonds. The van der Waals surface area contributed by atoms with E-state index in [1.54, 1.807) is 18.2 Å². The van der Waals surface area contributed by atoms with Gasteiger partial charge in [-0.25, -0.2) is 15.0 Å². The fraction of sp³-hybridized carbons (Fsp3) is 0. The van der Waals surface area contributed by atoms with E-state index in [2.05, 4.69) is 41.4 Å². The Bertz CT molecular complexity index is 598. The van der Waals surface area contributed by atoms with E-state index in [1.165, 1.54) is 0 Å². The summed E-state index contributed by atoms with van der Waals surface area (Å²) in [6, 6.07) is 5.08. The molecular weight excluding hydrogens is 228 g/mol. The third kappa shape index (κ3) is 4.06. The number of nitriles is 3. The Hall–Kier alpha value is -3.30. The van der Waals surface area contributed by atoms with Crippen molar-refractivity contribution in [3.8, 4) is 18.2 Å². The van der Waals surface area contributed by atoms with Crippen molar-refractivity contribution in [2.45, 2.75) is 0 Å². The maximum absolute atomic E-state index is 8.86. The summed E-state index contributed by atoms with van der Waals surface area (Å²) >= 11 is 0. The van der Waals surface area contributed by atoms with Crippen LogP contribution < -0.4 is 0 Å². The first-order valence-corrected chi connectivity index (χ1v) is 4.42. The van der Waals surface area contributed by atoms with Crippen molar-refractivity contribution >= 4 is 18.3 Å². The Balaban J connectivity index is 5.32. The Labute approximate surface area is 105 Å². The number of hydrogen-bond acceptors (Lipinski definition) is 5. The van der Waals surface area contributed by atoms with Crippen LogP contribution in [0.3, 0.4) is 0 Å². The van der Waals surface area contributed by atoms with Gasteiger partial charge in [-0.05, 0) is 6.72 Å². The summed E-state index contributed by atoms with van der Waals surface area (Å²) in [7, 11) is 0. The molecule has 0 saturated carbocycles. The molecule has 0 atom stereocenters. The van der Waals surface area contributed by atoms with Crippen LogP contribution in [0, 0.1) is 34.0 Å². The van der Waals surface area contributed by atoms with Gasteiger partial charge in [-0.1, -0.05) is 19.7 Å². The molecule has 0 saturated heterocycles. The minimum absolute atomic E-state index is 0.0324. The van der Waals surface area contributed by atoms with E-state index in [0.717, 1.165) is 0 Å². The normalized spacial score (nSPS) is 10.5. The summed E-state index contributed by atoms with van der Waals surface area (Å²) in [5.41, 5.74) is -0.196. The number of nitrogens with zero attached hydrogens (tertiary/aromatic N) is 6. The lowest BCUT2D eigenvalue weighted by Gasteiger charge is -2.01. The van der Waals surface area contributed by atoms with Gasteiger partial charge in [0.15, 0.2) is 5.71 Å².